The highest BCUT2D eigenvalue weighted by molar-refractivity contribution is 5.93. The monoisotopic (exact) mass is 267 g/mol. The number of carbonyl (C=O) groups is 1. The number of rotatable bonds is 4. The van der Waals surface area contributed by atoms with E-state index in [9.17, 15) is 4.79 Å². The van der Waals surface area contributed by atoms with Gasteiger partial charge in [0.2, 0.25) is 0 Å². The van der Waals surface area contributed by atoms with Crippen LogP contribution in [0.25, 0.3) is 0 Å². The number of fused-ring (bicyclic) bond motifs is 1. The van der Waals surface area contributed by atoms with E-state index in [1.54, 1.807) is 0 Å². The summed E-state index contributed by atoms with van der Waals surface area (Å²) in [6, 6.07) is 0. The average Bonchev–Trinajstić information content (AvgIpc) is 2.83. The van der Waals surface area contributed by atoms with Crippen LogP contribution in [0.5, 0.6) is 0 Å². The highest BCUT2D eigenvalue weighted by atomic mass is 16.7. The topological polar surface area (TPSA) is 47.9 Å². The summed E-state index contributed by atoms with van der Waals surface area (Å²) in [7, 11) is 0. The largest absolute Gasteiger partial charge is 0.466 e. The lowest BCUT2D eigenvalue weighted by atomic mass is 9.75. The number of nitrogens with zero attached hydrogens (tertiary/aromatic N) is 1. The molecule has 4 heteroatoms. The lowest BCUT2D eigenvalue weighted by molar-refractivity contribution is -0.145. The number of ether oxygens (including phenoxy) is 1. The fraction of sp³-hybridized carbons (Fsp3) is 0.867. The van der Waals surface area contributed by atoms with Crippen LogP contribution in [0.15, 0.2) is 5.16 Å². The maximum absolute atomic E-state index is 11.5. The molecule has 0 N–H and O–H groups in total. The van der Waals surface area contributed by atoms with Crippen LogP contribution in [0.4, 0.5) is 0 Å². The molecule has 0 spiro atoms. The van der Waals surface area contributed by atoms with Crippen molar-refractivity contribution in [2.45, 2.75) is 65.4 Å². The lowest BCUT2D eigenvalue weighted by Crippen LogP contribution is -2.38. The van der Waals surface area contributed by atoms with Crippen LogP contribution >= 0.6 is 0 Å². The van der Waals surface area contributed by atoms with Crippen molar-refractivity contribution in [2.75, 3.05) is 6.61 Å². The molecule has 1 aliphatic carbocycles. The van der Waals surface area contributed by atoms with Crippen LogP contribution in [-0.2, 0) is 14.4 Å². The predicted octanol–water partition coefficient (Wildman–Crippen LogP) is 3.30. The van der Waals surface area contributed by atoms with Crippen LogP contribution in [0, 0.1) is 11.3 Å². The number of oxime groups is 1. The third-order valence-corrected chi connectivity index (χ3v) is 4.21. The van der Waals surface area contributed by atoms with Gasteiger partial charge in [-0.05, 0) is 26.2 Å². The van der Waals surface area contributed by atoms with Crippen LogP contribution in [0.3, 0.4) is 0 Å². The highest BCUT2D eigenvalue weighted by Gasteiger charge is 2.54. The van der Waals surface area contributed by atoms with Crippen molar-refractivity contribution in [3.8, 4) is 0 Å². The first-order valence-corrected chi connectivity index (χ1v) is 7.31. The van der Waals surface area contributed by atoms with Gasteiger partial charge in [0.25, 0.3) is 0 Å². The summed E-state index contributed by atoms with van der Waals surface area (Å²) in [5, 5.41) is 4.35. The number of hydrogen-bond acceptors (Lipinski definition) is 4. The molecule has 0 bridgehead atoms. The van der Waals surface area contributed by atoms with E-state index in [4.69, 9.17) is 9.57 Å². The first-order valence-electron chi connectivity index (χ1n) is 7.31. The van der Waals surface area contributed by atoms with E-state index in [1.807, 2.05) is 6.92 Å². The molecule has 2 unspecified atom stereocenters. The quantitative estimate of drug-likeness (QED) is 0.734. The molecule has 0 aromatic heterocycles. The van der Waals surface area contributed by atoms with Crippen molar-refractivity contribution >= 4 is 11.7 Å². The van der Waals surface area contributed by atoms with Gasteiger partial charge in [-0.25, -0.2) is 0 Å². The molecule has 0 radical (unpaired) electrons. The minimum atomic E-state index is -0.241. The van der Waals surface area contributed by atoms with Gasteiger partial charge in [-0.15, -0.1) is 0 Å². The van der Waals surface area contributed by atoms with Crippen LogP contribution < -0.4 is 0 Å². The maximum atomic E-state index is 11.5. The summed E-state index contributed by atoms with van der Waals surface area (Å²) in [6.07, 6.45) is 4.43. The highest BCUT2D eigenvalue weighted by Crippen LogP contribution is 2.49. The summed E-state index contributed by atoms with van der Waals surface area (Å²) in [4.78, 5) is 17.4. The van der Waals surface area contributed by atoms with Gasteiger partial charge in [0.1, 0.15) is 5.60 Å². The molecule has 0 aromatic carbocycles. The first-order chi connectivity index (χ1) is 8.89. The Morgan fingerprint density at radius 2 is 2.26 bits per heavy atom. The van der Waals surface area contributed by atoms with Gasteiger partial charge in [-0.1, -0.05) is 25.9 Å². The maximum Gasteiger partial charge on any atom is 0.305 e. The molecule has 1 saturated carbocycles. The van der Waals surface area contributed by atoms with Crippen LogP contribution in [0.2, 0.25) is 0 Å². The number of hydrogen-bond donors (Lipinski definition) is 0. The predicted molar refractivity (Wildman–Crippen MR) is 73.9 cm³/mol. The summed E-state index contributed by atoms with van der Waals surface area (Å²) >= 11 is 0. The summed E-state index contributed by atoms with van der Waals surface area (Å²) < 4.78 is 5.01. The first kappa shape index (κ1) is 14.4. The van der Waals surface area contributed by atoms with Gasteiger partial charge in [0.05, 0.1) is 12.3 Å². The van der Waals surface area contributed by atoms with Crippen molar-refractivity contribution in [1.82, 2.24) is 0 Å². The molecule has 2 rings (SSSR count). The minimum Gasteiger partial charge on any atom is -0.466 e. The average molecular weight is 267 g/mol. The zero-order valence-electron chi connectivity index (χ0n) is 12.5. The third kappa shape index (κ3) is 2.77. The second-order valence-electron chi connectivity index (χ2n) is 6.63. The van der Waals surface area contributed by atoms with Crippen molar-refractivity contribution in [3.05, 3.63) is 0 Å². The molecule has 0 amide bonds. The Bertz CT molecular complexity index is 383. The van der Waals surface area contributed by atoms with E-state index >= 15 is 0 Å². The molecule has 1 fully saturated rings. The van der Waals surface area contributed by atoms with Gasteiger partial charge in [0.15, 0.2) is 0 Å². The summed E-state index contributed by atoms with van der Waals surface area (Å²) in [5.74, 6) is 0.247. The Labute approximate surface area is 115 Å². The summed E-state index contributed by atoms with van der Waals surface area (Å²) in [5.41, 5.74) is 0.963. The Hall–Kier alpha value is -1.06. The van der Waals surface area contributed by atoms with Crippen molar-refractivity contribution in [3.63, 3.8) is 0 Å². The second kappa shape index (κ2) is 5.14. The molecule has 1 aliphatic heterocycles. The molecule has 4 nitrogen and oxygen atoms in total. The smallest absolute Gasteiger partial charge is 0.305 e. The van der Waals surface area contributed by atoms with Crippen molar-refractivity contribution in [1.29, 1.82) is 0 Å². The van der Waals surface area contributed by atoms with E-state index in [1.165, 1.54) is 0 Å². The van der Waals surface area contributed by atoms with Gasteiger partial charge >= 0.3 is 5.97 Å². The van der Waals surface area contributed by atoms with Gasteiger partial charge in [-0.2, -0.15) is 0 Å². The standard InChI is InChI=1S/C15H25NO3/c1-5-18-12(17)8-10-15-9-6-7-11(15)13(16-19-15)14(2,3)4/h11H,5-10H2,1-4H3. The van der Waals surface area contributed by atoms with Crippen molar-refractivity contribution in [2.24, 2.45) is 16.5 Å². The fourth-order valence-electron chi connectivity index (χ4n) is 3.29. The molecule has 2 atom stereocenters. The van der Waals surface area contributed by atoms with Gasteiger partial charge in [0, 0.05) is 24.2 Å². The Morgan fingerprint density at radius 1 is 1.53 bits per heavy atom. The van der Waals surface area contributed by atoms with Gasteiger partial charge < -0.3 is 9.57 Å². The SMILES string of the molecule is CCOC(=O)CCC12CCCC1C(C(C)(C)C)=NO2. The van der Waals surface area contributed by atoms with E-state index in [2.05, 4.69) is 25.9 Å². The molecular weight excluding hydrogens is 242 g/mol. The van der Waals surface area contributed by atoms with Crippen LogP contribution in [-0.4, -0.2) is 23.9 Å². The van der Waals surface area contributed by atoms with E-state index in [0.29, 0.717) is 18.9 Å². The molecule has 0 aromatic rings. The number of esters is 1. The second-order valence-corrected chi connectivity index (χ2v) is 6.63. The Kier molecular flexibility index (Phi) is 3.88. The minimum absolute atomic E-state index is 0.0423. The van der Waals surface area contributed by atoms with Crippen molar-refractivity contribution < 1.29 is 14.4 Å². The molecular formula is C15H25NO3. The van der Waals surface area contributed by atoms with Gasteiger partial charge in [-0.3, -0.25) is 4.79 Å². The zero-order chi connectivity index (χ0) is 14.1. The molecule has 1 heterocycles. The Balaban J connectivity index is 2.03. The summed E-state index contributed by atoms with van der Waals surface area (Å²) in [6.45, 7) is 8.81. The molecule has 2 aliphatic rings. The Morgan fingerprint density at radius 3 is 2.89 bits per heavy atom. The fourth-order valence-corrected chi connectivity index (χ4v) is 3.29. The number of carbonyl (C=O) groups excluding carboxylic acids is 1. The van der Waals surface area contributed by atoms with E-state index < -0.39 is 0 Å². The zero-order valence-corrected chi connectivity index (χ0v) is 12.5. The molecule has 0 saturated heterocycles. The molecule has 19 heavy (non-hydrogen) atoms. The van der Waals surface area contributed by atoms with E-state index in [0.717, 1.165) is 31.4 Å². The third-order valence-electron chi connectivity index (χ3n) is 4.21. The normalized spacial score (nSPS) is 29.7. The molecule has 108 valence electrons. The van der Waals surface area contributed by atoms with E-state index in [-0.39, 0.29) is 17.0 Å². The van der Waals surface area contributed by atoms with Crippen LogP contribution in [0.1, 0.15) is 59.8 Å². The lowest BCUT2D eigenvalue weighted by Gasteiger charge is -2.29.